The second-order valence-electron chi connectivity index (χ2n) is 6.08. The van der Waals surface area contributed by atoms with E-state index in [4.69, 9.17) is 0 Å². The summed E-state index contributed by atoms with van der Waals surface area (Å²) in [5.74, 6) is -1.04. The van der Waals surface area contributed by atoms with Crippen LogP contribution < -0.4 is 0 Å². The number of nitro benzene ring substituents is 1. The Morgan fingerprint density at radius 3 is 2.92 bits per heavy atom. The minimum Gasteiger partial charge on any atom is -0.478 e. The van der Waals surface area contributed by atoms with Crippen LogP contribution in [-0.2, 0) is 4.79 Å². The fourth-order valence-corrected chi connectivity index (χ4v) is 4.47. The molecule has 8 heteroatoms. The van der Waals surface area contributed by atoms with Crippen molar-refractivity contribution < 1.29 is 14.8 Å². The van der Waals surface area contributed by atoms with Crippen molar-refractivity contribution in [3.05, 3.63) is 51.2 Å². The molecule has 0 spiro atoms. The maximum Gasteiger partial charge on any atom is 0.335 e. The third kappa shape index (κ3) is 3.26. The van der Waals surface area contributed by atoms with Crippen LogP contribution in [0.3, 0.4) is 0 Å². The highest BCUT2D eigenvalue weighted by molar-refractivity contribution is 8.14. The highest BCUT2D eigenvalue weighted by Crippen LogP contribution is 2.42. The quantitative estimate of drug-likeness (QED) is 0.650. The lowest BCUT2D eigenvalue weighted by Gasteiger charge is -2.42. The van der Waals surface area contributed by atoms with Gasteiger partial charge < -0.3 is 10.0 Å². The molecule has 2 atom stereocenters. The first-order chi connectivity index (χ1) is 11.9. The maximum atomic E-state index is 11.9. The van der Waals surface area contributed by atoms with Gasteiger partial charge in [0.05, 0.1) is 22.2 Å². The number of carboxylic acid groups (broad SMARTS) is 1. The first-order valence-corrected chi connectivity index (χ1v) is 9.00. The predicted molar refractivity (Wildman–Crippen MR) is 96.6 cm³/mol. The number of nitrogens with zero attached hydrogens (tertiary/aromatic N) is 3. The first kappa shape index (κ1) is 17.5. The van der Waals surface area contributed by atoms with Gasteiger partial charge in [-0.2, -0.15) is 0 Å². The van der Waals surface area contributed by atoms with Crippen molar-refractivity contribution in [2.45, 2.75) is 38.0 Å². The van der Waals surface area contributed by atoms with Gasteiger partial charge in [0.2, 0.25) is 0 Å². The van der Waals surface area contributed by atoms with Gasteiger partial charge in [0, 0.05) is 23.9 Å². The summed E-state index contributed by atoms with van der Waals surface area (Å²) < 4.78 is 0. The smallest absolute Gasteiger partial charge is 0.335 e. The highest BCUT2D eigenvalue weighted by Gasteiger charge is 2.39. The van der Waals surface area contributed by atoms with Crippen LogP contribution in [0.25, 0.3) is 0 Å². The standard InChI is InChI=1S/C17H19N3O4S/c1-3-13-7-8-19-15(11-5-4-6-12(9-11)20(23)24)14(16(21)22)10(2)18-17(19)25-13/h4-6,9,13,15H,3,7-8H2,1-2H3,(H,21,22). The molecule has 0 bridgehead atoms. The molecule has 0 amide bonds. The molecule has 0 saturated carbocycles. The third-order valence-electron chi connectivity index (χ3n) is 4.53. The van der Waals surface area contributed by atoms with E-state index in [9.17, 15) is 20.0 Å². The average Bonchev–Trinajstić information content (AvgIpc) is 2.59. The van der Waals surface area contributed by atoms with Gasteiger partial charge in [-0.3, -0.25) is 10.1 Å². The van der Waals surface area contributed by atoms with Gasteiger partial charge in [-0.1, -0.05) is 30.8 Å². The molecule has 1 aromatic rings. The molecule has 132 valence electrons. The molecule has 2 heterocycles. The van der Waals surface area contributed by atoms with E-state index in [0.29, 0.717) is 23.1 Å². The number of non-ortho nitro benzene ring substituents is 1. The summed E-state index contributed by atoms with van der Waals surface area (Å²) in [5, 5.41) is 22.1. The van der Waals surface area contributed by atoms with E-state index in [-0.39, 0.29) is 11.3 Å². The lowest BCUT2D eigenvalue weighted by Crippen LogP contribution is -2.43. The Labute approximate surface area is 149 Å². The number of hydrogen-bond acceptors (Lipinski definition) is 6. The van der Waals surface area contributed by atoms with Crippen molar-refractivity contribution in [2.24, 2.45) is 4.99 Å². The fraction of sp³-hybridized carbons (Fsp3) is 0.412. The monoisotopic (exact) mass is 361 g/mol. The zero-order chi connectivity index (χ0) is 18.1. The number of aliphatic carboxylic acids is 1. The fourth-order valence-electron chi connectivity index (χ4n) is 3.26. The van der Waals surface area contributed by atoms with Crippen LogP contribution >= 0.6 is 11.8 Å². The van der Waals surface area contributed by atoms with Gasteiger partial charge in [0.1, 0.15) is 0 Å². The number of thioether (sulfide) groups is 1. The Morgan fingerprint density at radius 1 is 1.52 bits per heavy atom. The number of aliphatic imine (C=N–C) groups is 1. The molecule has 2 aliphatic rings. The average molecular weight is 361 g/mol. The largest absolute Gasteiger partial charge is 0.478 e. The van der Waals surface area contributed by atoms with Gasteiger partial charge in [-0.25, -0.2) is 9.79 Å². The Hall–Kier alpha value is -2.35. The summed E-state index contributed by atoms with van der Waals surface area (Å²) >= 11 is 1.66. The number of benzene rings is 1. The molecule has 1 aromatic carbocycles. The molecular weight excluding hydrogens is 342 g/mol. The van der Waals surface area contributed by atoms with E-state index in [0.717, 1.165) is 18.0 Å². The molecule has 0 aromatic heterocycles. The van der Waals surface area contributed by atoms with E-state index in [1.165, 1.54) is 12.1 Å². The summed E-state index contributed by atoms with van der Waals surface area (Å²) in [7, 11) is 0. The minimum absolute atomic E-state index is 0.0416. The van der Waals surface area contributed by atoms with Crippen molar-refractivity contribution in [1.29, 1.82) is 0 Å². The SMILES string of the molecule is CCC1CCN2C(=NC(C)=C(C(=O)O)C2c2cccc([N+](=O)[O-])c2)S1. The van der Waals surface area contributed by atoms with Crippen LogP contribution in [-0.4, -0.2) is 37.9 Å². The van der Waals surface area contributed by atoms with Crippen LogP contribution in [0.1, 0.15) is 38.3 Å². The lowest BCUT2D eigenvalue weighted by molar-refractivity contribution is -0.384. The van der Waals surface area contributed by atoms with Gasteiger partial charge in [0.15, 0.2) is 5.17 Å². The molecule has 7 nitrogen and oxygen atoms in total. The van der Waals surface area contributed by atoms with Crippen LogP contribution in [0.4, 0.5) is 5.69 Å². The number of allylic oxidation sites excluding steroid dienone is 1. The summed E-state index contributed by atoms with van der Waals surface area (Å²) in [5.41, 5.74) is 1.20. The maximum absolute atomic E-state index is 11.9. The number of fused-ring (bicyclic) bond motifs is 1. The molecular formula is C17H19N3O4S. The Morgan fingerprint density at radius 2 is 2.28 bits per heavy atom. The van der Waals surface area contributed by atoms with Gasteiger partial charge in [-0.15, -0.1) is 0 Å². The molecule has 2 unspecified atom stereocenters. The van der Waals surface area contributed by atoms with Crippen molar-refractivity contribution >= 4 is 28.6 Å². The Kier molecular flexibility index (Phi) is 4.80. The molecule has 2 aliphatic heterocycles. The number of amidine groups is 1. The number of rotatable bonds is 4. The molecule has 0 aliphatic carbocycles. The summed E-state index contributed by atoms with van der Waals surface area (Å²) in [6.45, 7) is 4.50. The van der Waals surface area contributed by atoms with E-state index in [1.54, 1.807) is 30.8 Å². The number of carboxylic acids is 1. The molecule has 0 radical (unpaired) electrons. The van der Waals surface area contributed by atoms with Crippen LogP contribution in [0.15, 0.2) is 40.5 Å². The zero-order valence-corrected chi connectivity index (χ0v) is 14.8. The summed E-state index contributed by atoms with van der Waals surface area (Å²) in [6.07, 6.45) is 1.95. The van der Waals surface area contributed by atoms with Crippen molar-refractivity contribution in [2.75, 3.05) is 6.54 Å². The molecule has 3 rings (SSSR count). The third-order valence-corrected chi connectivity index (χ3v) is 5.97. The molecule has 25 heavy (non-hydrogen) atoms. The lowest BCUT2D eigenvalue weighted by atomic mass is 9.94. The van der Waals surface area contributed by atoms with E-state index >= 15 is 0 Å². The number of nitro groups is 1. The molecule has 1 fully saturated rings. The topological polar surface area (TPSA) is 96.0 Å². The number of hydrogen-bond donors (Lipinski definition) is 1. The zero-order valence-electron chi connectivity index (χ0n) is 14.0. The normalized spacial score (nSPS) is 23.1. The van der Waals surface area contributed by atoms with Crippen molar-refractivity contribution in [1.82, 2.24) is 4.90 Å². The van der Waals surface area contributed by atoms with E-state index in [2.05, 4.69) is 11.9 Å². The van der Waals surface area contributed by atoms with Gasteiger partial charge in [-0.05, 0) is 25.3 Å². The van der Waals surface area contributed by atoms with E-state index in [1.807, 2.05) is 4.90 Å². The molecule has 1 saturated heterocycles. The second-order valence-corrected chi connectivity index (χ2v) is 7.35. The first-order valence-electron chi connectivity index (χ1n) is 8.12. The Balaban J connectivity index is 2.09. The minimum atomic E-state index is -1.04. The van der Waals surface area contributed by atoms with Crippen molar-refractivity contribution in [3.63, 3.8) is 0 Å². The second kappa shape index (κ2) is 6.87. The summed E-state index contributed by atoms with van der Waals surface area (Å²) in [4.78, 5) is 29.0. The van der Waals surface area contributed by atoms with Crippen LogP contribution in [0, 0.1) is 10.1 Å². The number of carbonyl (C=O) groups is 1. The predicted octanol–water partition coefficient (Wildman–Crippen LogP) is 3.58. The summed E-state index contributed by atoms with van der Waals surface area (Å²) in [6, 6.07) is 5.65. The molecule has 1 N–H and O–H groups in total. The van der Waals surface area contributed by atoms with Gasteiger partial charge >= 0.3 is 5.97 Å². The Bertz CT molecular complexity index is 790. The van der Waals surface area contributed by atoms with E-state index < -0.39 is 16.9 Å². The highest BCUT2D eigenvalue weighted by atomic mass is 32.2. The van der Waals surface area contributed by atoms with Crippen molar-refractivity contribution in [3.8, 4) is 0 Å². The van der Waals surface area contributed by atoms with Crippen LogP contribution in [0.5, 0.6) is 0 Å². The van der Waals surface area contributed by atoms with Gasteiger partial charge in [0.25, 0.3) is 5.69 Å². The van der Waals surface area contributed by atoms with Crippen LogP contribution in [0.2, 0.25) is 0 Å².